The minimum absolute atomic E-state index is 0.543. The molecule has 0 rings (SSSR count). The maximum atomic E-state index is 9.43. The number of hydrogen-bond acceptors (Lipinski definition) is 2. The van der Waals surface area contributed by atoms with Gasteiger partial charge in [-0.1, -0.05) is 0 Å². The Hall–Kier alpha value is -0.0600. The fourth-order valence-electron chi connectivity index (χ4n) is 0.742. The molecular weight excluding hydrogens is 207 g/mol. The molecule has 1 unspecified atom stereocenters. The number of carboxylic acids is 2. The third kappa shape index (κ3) is 13.9. The molecule has 84 valence electrons. The average molecular weight is 226 g/mol. The van der Waals surface area contributed by atoms with Crippen molar-refractivity contribution in [3.8, 4) is 0 Å². The molecule has 0 fully saturated rings. The average Bonchev–Trinajstić information content (AvgIpc) is 1.99. The summed E-state index contributed by atoms with van der Waals surface area (Å²) in [5.41, 5.74) is 0.543. The minimum atomic E-state index is -1.31. The summed E-state index contributed by atoms with van der Waals surface area (Å²) in [5, 5.41) is 15.4. The van der Waals surface area contributed by atoms with Crippen LogP contribution in [-0.4, -0.2) is 50.1 Å². The van der Waals surface area contributed by atoms with Gasteiger partial charge in [0, 0.05) is 0 Å². The van der Waals surface area contributed by atoms with Gasteiger partial charge in [0.05, 0.1) is 0 Å². The van der Waals surface area contributed by atoms with Crippen LogP contribution in [0.3, 0.4) is 0 Å². The zero-order valence-electron chi connectivity index (χ0n) is 10.2. The Morgan fingerprint density at radius 1 is 1.20 bits per heavy atom. The minimum Gasteiger partial charge on any atom is -0.481 e. The first-order chi connectivity index (χ1) is 6.61. The van der Waals surface area contributed by atoms with E-state index in [2.05, 4.69) is 27.7 Å². The van der Waals surface area contributed by atoms with E-state index in [1.807, 2.05) is 0 Å². The third-order valence-electron chi connectivity index (χ3n) is 2.39. The quantitative estimate of drug-likeness (QED) is 0.568. The predicted molar refractivity (Wildman–Crippen MR) is 59.1 cm³/mol. The van der Waals surface area contributed by atoms with Crippen molar-refractivity contribution in [1.82, 2.24) is 0 Å². The summed E-state index contributed by atoms with van der Waals surface area (Å²) in [6, 6.07) is 0. The molecule has 0 saturated carbocycles. The largest absolute Gasteiger partial charge is 0.481 e. The first-order valence-corrected chi connectivity index (χ1v) is 6.46. The van der Waals surface area contributed by atoms with Gasteiger partial charge in [-0.2, -0.15) is 0 Å². The molecule has 4 nitrogen and oxygen atoms in total. The summed E-state index contributed by atoms with van der Waals surface area (Å²) < 4.78 is 1.43. The summed E-state index contributed by atoms with van der Waals surface area (Å²) >= 11 is 1.35. The van der Waals surface area contributed by atoms with Crippen molar-refractivity contribution < 1.29 is 19.8 Å². The van der Waals surface area contributed by atoms with Crippen LogP contribution in [-0.2, 0) is 9.59 Å². The molecule has 0 aliphatic rings. The van der Waals surface area contributed by atoms with Gasteiger partial charge in [-0.15, -0.1) is 0 Å². The second kappa shape index (κ2) is 8.13. The zero-order valence-corrected chi connectivity index (χ0v) is 12.2. The molecule has 0 aliphatic carbocycles. The molecule has 0 aliphatic heterocycles. The van der Waals surface area contributed by atoms with Gasteiger partial charge in [0.1, 0.15) is 6.42 Å². The Balaban J connectivity index is 0. The molecule has 1 atom stereocenters. The second-order valence-corrected chi connectivity index (χ2v) is 5.46. The van der Waals surface area contributed by atoms with Crippen molar-refractivity contribution in [2.75, 3.05) is 0 Å². The molecule has 0 saturated heterocycles. The Morgan fingerprint density at radius 2 is 1.53 bits per heavy atom. The number of hydrogen-bond donors (Lipinski definition) is 2. The van der Waals surface area contributed by atoms with Gasteiger partial charge < -0.3 is 10.2 Å². The van der Waals surface area contributed by atoms with Gasteiger partial charge in [-0.05, 0) is 0 Å². The summed E-state index contributed by atoms with van der Waals surface area (Å²) in [4.78, 5) is 18.9. The number of carboxylic acid groups (broad SMARTS) is 2. The molecule has 2 N–H and O–H groups in total. The molecule has 0 radical (unpaired) electrons. The summed E-state index contributed by atoms with van der Waals surface area (Å²) in [7, 11) is 0. The van der Waals surface area contributed by atoms with Crippen molar-refractivity contribution in [1.29, 1.82) is 0 Å². The van der Waals surface area contributed by atoms with E-state index in [1.54, 1.807) is 0 Å². The third-order valence-corrected chi connectivity index (χ3v) is 3.62. The topological polar surface area (TPSA) is 74.6 Å². The van der Waals surface area contributed by atoms with Gasteiger partial charge in [0.15, 0.2) is 0 Å². The van der Waals surface area contributed by atoms with E-state index in [-0.39, 0.29) is 0 Å². The van der Waals surface area contributed by atoms with Crippen LogP contribution in [0.2, 0.25) is 3.67 Å². The van der Waals surface area contributed by atoms with E-state index >= 15 is 0 Å². The fourth-order valence-corrected chi connectivity index (χ4v) is 1.97. The van der Waals surface area contributed by atoms with E-state index in [9.17, 15) is 9.59 Å². The Kier molecular flexibility index (Phi) is 9.40. The maximum Gasteiger partial charge on any atom is 0.314 e. The van der Waals surface area contributed by atoms with Crippen LogP contribution < -0.4 is 0 Å². The molecule has 0 aromatic rings. The van der Waals surface area contributed by atoms with E-state index in [4.69, 9.17) is 10.2 Å². The van der Waals surface area contributed by atoms with Crippen molar-refractivity contribution >= 4 is 39.9 Å². The number of rotatable bonds is 3. The van der Waals surface area contributed by atoms with Gasteiger partial charge in [0.2, 0.25) is 0 Å². The molecule has 15 heavy (non-hydrogen) atoms. The number of aliphatic carboxylic acids is 2. The Bertz CT molecular complexity index is 196. The van der Waals surface area contributed by atoms with Gasteiger partial charge in [-0.25, -0.2) is 0 Å². The summed E-state index contributed by atoms with van der Waals surface area (Å²) in [5.74, 6) is -1.71. The van der Waals surface area contributed by atoms with Gasteiger partial charge >= 0.3 is 82.6 Å². The SMILES string of the molecule is CC([CH2][Na])C(C)(C)C.O=C(O)CC(=O)O. The molecular formula is C10H19NaO4. The van der Waals surface area contributed by atoms with Crippen LogP contribution >= 0.6 is 0 Å². The molecule has 0 amide bonds. The summed E-state index contributed by atoms with van der Waals surface area (Å²) in [6.45, 7) is 9.29. The van der Waals surface area contributed by atoms with Crippen LogP contribution in [0.5, 0.6) is 0 Å². The van der Waals surface area contributed by atoms with Crippen molar-refractivity contribution in [3.63, 3.8) is 0 Å². The van der Waals surface area contributed by atoms with Gasteiger partial charge in [0.25, 0.3) is 0 Å². The first kappa shape index (κ1) is 17.3. The van der Waals surface area contributed by atoms with E-state index in [0.29, 0.717) is 5.41 Å². The van der Waals surface area contributed by atoms with Crippen molar-refractivity contribution in [3.05, 3.63) is 0 Å². The van der Waals surface area contributed by atoms with E-state index in [1.165, 1.54) is 31.6 Å². The molecule has 0 aromatic heterocycles. The standard InChI is InChI=1S/C7H15.C3H4O4.Na/c1-6(2)7(3,4)5;4-2(5)1-3(6)7;/h6H,1H2,2-5H3;1H2,(H,4,5)(H,6,7);. The Labute approximate surface area is 108 Å². The fraction of sp³-hybridized carbons (Fsp3) is 0.800. The van der Waals surface area contributed by atoms with Crippen LogP contribution in [0.1, 0.15) is 34.1 Å². The smallest absolute Gasteiger partial charge is 0.314 e. The van der Waals surface area contributed by atoms with E-state index in [0.717, 1.165) is 5.92 Å². The van der Waals surface area contributed by atoms with Crippen LogP contribution in [0, 0.1) is 11.3 Å². The molecule has 0 aromatic carbocycles. The van der Waals surface area contributed by atoms with Crippen molar-refractivity contribution in [2.45, 2.75) is 37.8 Å². The Morgan fingerprint density at radius 3 is 1.53 bits per heavy atom. The van der Waals surface area contributed by atoms with Gasteiger partial charge in [-0.3, -0.25) is 9.59 Å². The monoisotopic (exact) mass is 226 g/mol. The molecule has 0 bridgehead atoms. The number of carbonyl (C=O) groups is 2. The molecule has 5 heteroatoms. The van der Waals surface area contributed by atoms with Crippen molar-refractivity contribution in [2.24, 2.45) is 11.3 Å². The normalized spacial score (nSPS) is 12.4. The zero-order chi connectivity index (χ0) is 12.6. The second-order valence-electron chi connectivity index (χ2n) is 4.64. The van der Waals surface area contributed by atoms with E-state index < -0.39 is 18.4 Å². The molecule has 0 heterocycles. The summed E-state index contributed by atoms with van der Waals surface area (Å²) in [6.07, 6.45) is -0.806. The van der Waals surface area contributed by atoms with Crippen LogP contribution in [0.25, 0.3) is 0 Å². The van der Waals surface area contributed by atoms with Crippen LogP contribution in [0.15, 0.2) is 0 Å². The van der Waals surface area contributed by atoms with Crippen LogP contribution in [0.4, 0.5) is 0 Å². The first-order valence-electron chi connectivity index (χ1n) is 5.04. The predicted octanol–water partition coefficient (Wildman–Crippen LogP) is 1.80. The maximum absolute atomic E-state index is 9.43. The molecule has 0 spiro atoms.